The fourth-order valence-electron chi connectivity index (χ4n) is 1.41. The number of aromatic nitrogens is 1. The molecule has 0 bridgehead atoms. The molecule has 1 amide bonds. The van der Waals surface area contributed by atoms with Gasteiger partial charge in [-0.25, -0.2) is 9.78 Å². The Bertz CT molecular complexity index is 479. The number of hydrogen-bond donors (Lipinski definition) is 2. The molecule has 0 aromatic carbocycles. The third kappa shape index (κ3) is 5.24. The summed E-state index contributed by atoms with van der Waals surface area (Å²) >= 11 is 1.36. The molecule has 0 radical (unpaired) electrons. The summed E-state index contributed by atoms with van der Waals surface area (Å²) < 4.78 is 5.60. The van der Waals surface area contributed by atoms with Crippen LogP contribution in [0.1, 0.15) is 39.3 Å². The number of carboxylic acids is 1. The van der Waals surface area contributed by atoms with Crippen LogP contribution < -0.4 is 5.32 Å². The Labute approximate surface area is 122 Å². The number of amides is 1. The Morgan fingerprint density at radius 2 is 2.15 bits per heavy atom. The van der Waals surface area contributed by atoms with E-state index in [0.717, 1.165) is 5.76 Å². The number of oxazole rings is 1. The van der Waals surface area contributed by atoms with Crippen LogP contribution in [-0.2, 0) is 20.8 Å². The van der Waals surface area contributed by atoms with Crippen LogP contribution in [0.15, 0.2) is 10.6 Å². The first kappa shape index (κ1) is 16.6. The van der Waals surface area contributed by atoms with E-state index in [9.17, 15) is 9.59 Å². The van der Waals surface area contributed by atoms with Crippen LogP contribution in [0.2, 0.25) is 0 Å². The Kier molecular flexibility index (Phi) is 5.62. The van der Waals surface area contributed by atoms with Crippen molar-refractivity contribution >= 4 is 23.6 Å². The maximum Gasteiger partial charge on any atom is 0.327 e. The van der Waals surface area contributed by atoms with Gasteiger partial charge in [0.05, 0.1) is 11.9 Å². The summed E-state index contributed by atoms with van der Waals surface area (Å²) in [6.45, 7) is 7.38. The molecule has 1 aromatic heterocycles. The average Bonchev–Trinajstić information content (AvgIpc) is 2.75. The fraction of sp³-hybridized carbons (Fsp3) is 0.615. The van der Waals surface area contributed by atoms with E-state index in [1.165, 1.54) is 18.7 Å². The summed E-state index contributed by atoms with van der Waals surface area (Å²) in [5.74, 6) is 0.693. The zero-order valence-corrected chi connectivity index (χ0v) is 12.9. The van der Waals surface area contributed by atoms with Gasteiger partial charge in [0.2, 0.25) is 11.8 Å². The van der Waals surface area contributed by atoms with E-state index in [1.54, 1.807) is 6.20 Å². The molecule has 1 rings (SSSR count). The van der Waals surface area contributed by atoms with Crippen molar-refractivity contribution in [1.82, 2.24) is 10.3 Å². The summed E-state index contributed by atoms with van der Waals surface area (Å²) in [7, 11) is 0. The monoisotopic (exact) mass is 300 g/mol. The number of carbonyl (C=O) groups is 2. The molecule has 7 heteroatoms. The standard InChI is InChI=1S/C13H20N2O4S/c1-8(16)15-9(12(17)18)6-20-7-11-14-5-10(19-11)13(2,3)4/h5,9H,6-7H2,1-4H3,(H,15,16)(H,17,18)/t9-/m0/s1. The second-order valence-corrected chi connectivity index (χ2v) is 6.50. The molecular formula is C13H20N2O4S. The number of nitrogens with one attached hydrogen (secondary N) is 1. The van der Waals surface area contributed by atoms with Gasteiger partial charge in [0.1, 0.15) is 11.8 Å². The highest BCUT2D eigenvalue weighted by molar-refractivity contribution is 7.98. The largest absolute Gasteiger partial charge is 0.480 e. The van der Waals surface area contributed by atoms with Gasteiger partial charge in [0.15, 0.2) is 0 Å². The minimum atomic E-state index is -1.05. The molecule has 0 aliphatic rings. The van der Waals surface area contributed by atoms with Gasteiger partial charge in [-0.1, -0.05) is 20.8 Å². The lowest BCUT2D eigenvalue weighted by atomic mass is 9.94. The quantitative estimate of drug-likeness (QED) is 0.832. The van der Waals surface area contributed by atoms with Crippen molar-refractivity contribution in [3.8, 4) is 0 Å². The van der Waals surface area contributed by atoms with Crippen LogP contribution in [0.5, 0.6) is 0 Å². The maximum atomic E-state index is 10.9. The second-order valence-electron chi connectivity index (χ2n) is 5.47. The van der Waals surface area contributed by atoms with Gasteiger partial charge in [-0.05, 0) is 0 Å². The molecule has 1 aromatic rings. The molecule has 0 saturated heterocycles. The molecule has 0 fully saturated rings. The molecule has 6 nitrogen and oxygen atoms in total. The third-order valence-electron chi connectivity index (χ3n) is 2.48. The van der Waals surface area contributed by atoms with E-state index in [4.69, 9.17) is 9.52 Å². The van der Waals surface area contributed by atoms with E-state index >= 15 is 0 Å². The third-order valence-corrected chi connectivity index (χ3v) is 3.50. The van der Waals surface area contributed by atoms with Gasteiger partial charge in [-0.3, -0.25) is 4.79 Å². The molecule has 0 spiro atoms. The summed E-state index contributed by atoms with van der Waals surface area (Å²) in [6.07, 6.45) is 1.69. The molecule has 0 aliphatic carbocycles. The molecule has 0 aliphatic heterocycles. The van der Waals surface area contributed by atoms with Crippen LogP contribution >= 0.6 is 11.8 Å². The molecular weight excluding hydrogens is 280 g/mol. The van der Waals surface area contributed by atoms with Crippen molar-refractivity contribution in [3.63, 3.8) is 0 Å². The van der Waals surface area contributed by atoms with Gasteiger partial charge < -0.3 is 14.8 Å². The highest BCUT2D eigenvalue weighted by atomic mass is 32.2. The number of hydrogen-bond acceptors (Lipinski definition) is 5. The molecule has 0 unspecified atom stereocenters. The van der Waals surface area contributed by atoms with Crippen LogP contribution in [0.3, 0.4) is 0 Å². The normalized spacial score (nSPS) is 13.0. The SMILES string of the molecule is CC(=O)N[C@@H](CSCc1ncc(C(C)(C)C)o1)C(=O)O. The summed E-state index contributed by atoms with van der Waals surface area (Å²) in [4.78, 5) is 26.0. The predicted octanol–water partition coefficient (Wildman–Crippen LogP) is 1.79. The zero-order valence-electron chi connectivity index (χ0n) is 12.1. The first-order valence-corrected chi connectivity index (χ1v) is 7.38. The molecule has 1 heterocycles. The smallest absolute Gasteiger partial charge is 0.327 e. The Balaban J connectivity index is 2.49. The first-order chi connectivity index (χ1) is 9.20. The van der Waals surface area contributed by atoms with Gasteiger partial charge in [-0.2, -0.15) is 0 Å². The number of aliphatic carboxylic acids is 1. The number of rotatable bonds is 6. The number of carbonyl (C=O) groups excluding carboxylic acids is 1. The average molecular weight is 300 g/mol. The Morgan fingerprint density at radius 3 is 2.60 bits per heavy atom. The van der Waals surface area contributed by atoms with Crippen molar-refractivity contribution in [2.24, 2.45) is 0 Å². The van der Waals surface area contributed by atoms with Crippen LogP contribution in [-0.4, -0.2) is 33.8 Å². The Hall–Kier alpha value is -1.50. The van der Waals surface area contributed by atoms with Crippen LogP contribution in [0.4, 0.5) is 0 Å². The van der Waals surface area contributed by atoms with Crippen molar-refractivity contribution in [2.45, 2.75) is 44.9 Å². The highest BCUT2D eigenvalue weighted by Gasteiger charge is 2.21. The van der Waals surface area contributed by atoms with Gasteiger partial charge >= 0.3 is 5.97 Å². The van der Waals surface area contributed by atoms with E-state index in [1.807, 2.05) is 20.8 Å². The fourth-order valence-corrected chi connectivity index (χ4v) is 2.30. The molecule has 0 saturated carbocycles. The minimum Gasteiger partial charge on any atom is -0.480 e. The predicted molar refractivity (Wildman–Crippen MR) is 76.6 cm³/mol. The van der Waals surface area contributed by atoms with Gasteiger partial charge in [0, 0.05) is 18.1 Å². The molecule has 112 valence electrons. The topological polar surface area (TPSA) is 92.4 Å². The highest BCUT2D eigenvalue weighted by Crippen LogP contribution is 2.24. The summed E-state index contributed by atoms with van der Waals surface area (Å²) in [6, 6.07) is -0.894. The minimum absolute atomic E-state index is 0.101. The van der Waals surface area contributed by atoms with Crippen molar-refractivity contribution < 1.29 is 19.1 Å². The summed E-state index contributed by atoms with van der Waals surface area (Å²) in [5, 5.41) is 11.3. The second kappa shape index (κ2) is 6.78. The lowest BCUT2D eigenvalue weighted by Gasteiger charge is -2.13. The lowest BCUT2D eigenvalue weighted by molar-refractivity contribution is -0.140. The van der Waals surface area contributed by atoms with E-state index in [-0.39, 0.29) is 17.1 Å². The molecule has 20 heavy (non-hydrogen) atoms. The lowest BCUT2D eigenvalue weighted by Crippen LogP contribution is -2.41. The van der Waals surface area contributed by atoms with Gasteiger partial charge in [0.25, 0.3) is 0 Å². The van der Waals surface area contributed by atoms with Crippen LogP contribution in [0.25, 0.3) is 0 Å². The maximum absolute atomic E-state index is 10.9. The van der Waals surface area contributed by atoms with Crippen molar-refractivity contribution in [2.75, 3.05) is 5.75 Å². The molecule has 1 atom stereocenters. The Morgan fingerprint density at radius 1 is 1.50 bits per heavy atom. The number of carboxylic acid groups (broad SMARTS) is 1. The van der Waals surface area contributed by atoms with E-state index in [0.29, 0.717) is 11.6 Å². The number of thioether (sulfide) groups is 1. The first-order valence-electron chi connectivity index (χ1n) is 6.23. The van der Waals surface area contributed by atoms with E-state index in [2.05, 4.69) is 10.3 Å². The van der Waals surface area contributed by atoms with E-state index < -0.39 is 12.0 Å². The number of nitrogens with zero attached hydrogens (tertiary/aromatic N) is 1. The van der Waals surface area contributed by atoms with Crippen LogP contribution in [0, 0.1) is 0 Å². The molecule has 2 N–H and O–H groups in total. The zero-order chi connectivity index (χ0) is 15.3. The van der Waals surface area contributed by atoms with Crippen molar-refractivity contribution in [3.05, 3.63) is 17.8 Å². The van der Waals surface area contributed by atoms with Crippen molar-refractivity contribution in [1.29, 1.82) is 0 Å². The van der Waals surface area contributed by atoms with Gasteiger partial charge in [-0.15, -0.1) is 11.8 Å². The summed E-state index contributed by atoms with van der Waals surface area (Å²) in [5.41, 5.74) is -0.101.